The zero-order chi connectivity index (χ0) is 24.5. The molecule has 0 N–H and O–H groups in total. The topological polar surface area (TPSA) is 43.9 Å². The van der Waals surface area contributed by atoms with E-state index < -0.39 is 0 Å². The summed E-state index contributed by atoms with van der Waals surface area (Å²) in [5.41, 5.74) is 2.12. The van der Waals surface area contributed by atoms with Crippen molar-refractivity contribution in [2.75, 3.05) is 32.7 Å². The Morgan fingerprint density at radius 2 is 1.91 bits per heavy atom. The molecule has 1 aromatic carbocycles. The Labute approximate surface area is 206 Å². The highest BCUT2D eigenvalue weighted by Gasteiger charge is 2.33. The van der Waals surface area contributed by atoms with Crippen molar-refractivity contribution in [3.8, 4) is 0 Å². The zero-order valence-electron chi connectivity index (χ0n) is 20.7. The second-order valence-corrected chi connectivity index (χ2v) is 11.8. The fraction of sp³-hybridized carbons (Fsp3) is 0.556. The van der Waals surface area contributed by atoms with Gasteiger partial charge in [0, 0.05) is 56.5 Å². The average Bonchev–Trinajstić information content (AvgIpc) is 3.24. The van der Waals surface area contributed by atoms with Crippen LogP contribution in [0.4, 0.5) is 4.39 Å². The first-order valence-electron chi connectivity index (χ1n) is 12.3. The summed E-state index contributed by atoms with van der Waals surface area (Å²) in [5, 5.41) is 2.10. The van der Waals surface area contributed by atoms with E-state index in [1.807, 2.05) is 22.8 Å². The maximum atomic E-state index is 14.0. The van der Waals surface area contributed by atoms with Crippen LogP contribution in [0.25, 0.3) is 0 Å². The summed E-state index contributed by atoms with van der Waals surface area (Å²) in [6, 6.07) is 8.96. The summed E-state index contributed by atoms with van der Waals surface area (Å²) in [5.74, 6) is 0.0672. The molecule has 2 aromatic rings. The monoisotopic (exact) mass is 485 g/mol. The number of nitrogens with zero attached hydrogens (tertiary/aromatic N) is 3. The first kappa shape index (κ1) is 24.9. The summed E-state index contributed by atoms with van der Waals surface area (Å²) in [4.78, 5) is 33.3. The number of carbonyl (C=O) groups excluding carboxylic acids is 2. The normalized spacial score (nSPS) is 21.4. The largest absolute Gasteiger partial charge is 0.339 e. The van der Waals surface area contributed by atoms with Gasteiger partial charge in [-0.3, -0.25) is 14.5 Å². The summed E-state index contributed by atoms with van der Waals surface area (Å²) in [6.45, 7) is 11.5. The minimum Gasteiger partial charge on any atom is -0.339 e. The molecule has 0 radical (unpaired) electrons. The van der Waals surface area contributed by atoms with Crippen molar-refractivity contribution < 1.29 is 14.0 Å². The van der Waals surface area contributed by atoms with Gasteiger partial charge in [-0.25, -0.2) is 4.39 Å². The molecule has 2 unspecified atom stereocenters. The number of carbonyl (C=O) groups is 2. The van der Waals surface area contributed by atoms with Crippen molar-refractivity contribution in [1.82, 2.24) is 14.7 Å². The van der Waals surface area contributed by atoms with Gasteiger partial charge in [-0.15, -0.1) is 11.3 Å². The van der Waals surface area contributed by atoms with E-state index in [-0.39, 0.29) is 35.1 Å². The average molecular weight is 486 g/mol. The van der Waals surface area contributed by atoms with E-state index in [1.165, 1.54) is 16.5 Å². The molecule has 2 aliphatic heterocycles. The first-order chi connectivity index (χ1) is 16.1. The third kappa shape index (κ3) is 5.69. The van der Waals surface area contributed by atoms with Gasteiger partial charge in [-0.1, -0.05) is 32.9 Å². The lowest BCUT2D eigenvalue weighted by Gasteiger charge is -2.41. The van der Waals surface area contributed by atoms with Crippen LogP contribution in [0.1, 0.15) is 62.6 Å². The molecule has 1 aromatic heterocycles. The molecule has 2 aliphatic rings. The van der Waals surface area contributed by atoms with E-state index >= 15 is 0 Å². The molecule has 184 valence electrons. The van der Waals surface area contributed by atoms with Gasteiger partial charge in [-0.2, -0.15) is 0 Å². The molecule has 0 saturated carbocycles. The van der Waals surface area contributed by atoms with Crippen molar-refractivity contribution in [2.24, 2.45) is 5.41 Å². The van der Waals surface area contributed by atoms with Crippen LogP contribution in [0.5, 0.6) is 0 Å². The second-order valence-electron chi connectivity index (χ2n) is 10.8. The maximum Gasteiger partial charge on any atom is 0.223 e. The number of halogens is 1. The van der Waals surface area contributed by atoms with Crippen molar-refractivity contribution in [3.05, 3.63) is 57.5 Å². The minimum absolute atomic E-state index is 0.0238. The molecule has 34 heavy (non-hydrogen) atoms. The number of hydrogen-bond donors (Lipinski definition) is 0. The lowest BCUT2D eigenvalue weighted by Crippen LogP contribution is -2.56. The van der Waals surface area contributed by atoms with Crippen LogP contribution in [0.15, 0.2) is 35.7 Å². The Balaban J connectivity index is 1.38. The van der Waals surface area contributed by atoms with Crippen LogP contribution in [-0.4, -0.2) is 65.3 Å². The Morgan fingerprint density at radius 3 is 2.62 bits per heavy atom. The van der Waals surface area contributed by atoms with Crippen LogP contribution in [0.3, 0.4) is 0 Å². The van der Waals surface area contributed by atoms with E-state index in [2.05, 4.69) is 37.1 Å². The summed E-state index contributed by atoms with van der Waals surface area (Å²) in [6.07, 6.45) is 1.90. The SMILES string of the molecule is CC1CN(C(=O)CCN2CCc3sccc3C2c2cccc(F)c2)CCN1C(=O)CC(C)(C)C. The molecule has 0 bridgehead atoms. The Morgan fingerprint density at radius 1 is 1.12 bits per heavy atom. The molecular weight excluding hydrogens is 449 g/mol. The molecule has 7 heteroatoms. The van der Waals surface area contributed by atoms with Crippen LogP contribution in [-0.2, 0) is 16.0 Å². The molecule has 3 heterocycles. The molecule has 0 spiro atoms. The fourth-order valence-electron chi connectivity index (χ4n) is 5.18. The summed E-state index contributed by atoms with van der Waals surface area (Å²) in [7, 11) is 0. The van der Waals surface area contributed by atoms with Gasteiger partial charge in [-0.05, 0) is 53.5 Å². The van der Waals surface area contributed by atoms with Crippen LogP contribution in [0, 0.1) is 11.2 Å². The van der Waals surface area contributed by atoms with Gasteiger partial charge in [0.05, 0.1) is 6.04 Å². The molecule has 0 aliphatic carbocycles. The van der Waals surface area contributed by atoms with E-state index in [1.54, 1.807) is 23.5 Å². The van der Waals surface area contributed by atoms with Gasteiger partial charge in [0.15, 0.2) is 0 Å². The van der Waals surface area contributed by atoms with Gasteiger partial charge in [0.25, 0.3) is 0 Å². The number of hydrogen-bond acceptors (Lipinski definition) is 4. The smallest absolute Gasteiger partial charge is 0.223 e. The zero-order valence-corrected chi connectivity index (χ0v) is 21.5. The van der Waals surface area contributed by atoms with E-state index in [0.717, 1.165) is 18.5 Å². The molecular formula is C27H36FN3O2S. The maximum absolute atomic E-state index is 14.0. The molecule has 2 amide bonds. The lowest BCUT2D eigenvalue weighted by atomic mass is 9.91. The lowest BCUT2D eigenvalue weighted by molar-refractivity contribution is -0.143. The number of thiophene rings is 1. The predicted octanol–water partition coefficient (Wildman–Crippen LogP) is 4.72. The minimum atomic E-state index is -0.233. The number of rotatable bonds is 5. The predicted molar refractivity (Wildman–Crippen MR) is 134 cm³/mol. The van der Waals surface area contributed by atoms with Crippen molar-refractivity contribution in [3.63, 3.8) is 0 Å². The highest BCUT2D eigenvalue weighted by molar-refractivity contribution is 7.10. The molecule has 5 nitrogen and oxygen atoms in total. The fourth-order valence-corrected chi connectivity index (χ4v) is 6.09. The van der Waals surface area contributed by atoms with Crippen molar-refractivity contribution >= 4 is 23.2 Å². The first-order valence-corrected chi connectivity index (χ1v) is 13.1. The third-order valence-corrected chi connectivity index (χ3v) is 7.82. The molecule has 2 atom stereocenters. The quantitative estimate of drug-likeness (QED) is 0.616. The number of piperazine rings is 1. The number of fused-ring (bicyclic) bond motifs is 1. The summed E-state index contributed by atoms with van der Waals surface area (Å²) >= 11 is 1.76. The van der Waals surface area contributed by atoms with Gasteiger partial charge >= 0.3 is 0 Å². The highest BCUT2D eigenvalue weighted by atomic mass is 32.1. The van der Waals surface area contributed by atoms with Crippen molar-refractivity contribution in [1.29, 1.82) is 0 Å². The van der Waals surface area contributed by atoms with E-state index in [9.17, 15) is 14.0 Å². The van der Waals surface area contributed by atoms with Gasteiger partial charge in [0.1, 0.15) is 5.82 Å². The number of amides is 2. The molecule has 1 fully saturated rings. The highest BCUT2D eigenvalue weighted by Crippen LogP contribution is 2.38. The van der Waals surface area contributed by atoms with Crippen LogP contribution >= 0.6 is 11.3 Å². The Hall–Kier alpha value is -2.25. The van der Waals surface area contributed by atoms with Gasteiger partial charge in [0.2, 0.25) is 11.8 Å². The van der Waals surface area contributed by atoms with Crippen LogP contribution in [0.2, 0.25) is 0 Å². The third-order valence-electron chi connectivity index (χ3n) is 6.83. The molecule has 1 saturated heterocycles. The summed E-state index contributed by atoms with van der Waals surface area (Å²) < 4.78 is 14.0. The van der Waals surface area contributed by atoms with E-state index in [4.69, 9.17) is 0 Å². The van der Waals surface area contributed by atoms with Gasteiger partial charge < -0.3 is 9.80 Å². The van der Waals surface area contributed by atoms with E-state index in [0.29, 0.717) is 39.0 Å². The Kier molecular flexibility index (Phi) is 7.43. The van der Waals surface area contributed by atoms with Crippen LogP contribution < -0.4 is 0 Å². The standard InChI is InChI=1S/C27H36FN3O2S/c1-19-18-30(13-14-31(19)25(33)17-27(2,3)4)24(32)9-12-29-11-8-23-22(10-15-34-23)26(29)20-6-5-7-21(28)16-20/h5-7,10,15-16,19,26H,8-9,11-14,17-18H2,1-4H3. The molecule has 4 rings (SSSR count). The Bertz CT molecular complexity index is 1030. The number of benzene rings is 1. The second kappa shape index (κ2) is 10.2. The van der Waals surface area contributed by atoms with Crippen molar-refractivity contribution in [2.45, 2.75) is 59.0 Å².